The van der Waals surface area contributed by atoms with Crippen LogP contribution in [0.5, 0.6) is 0 Å². The van der Waals surface area contributed by atoms with Crippen molar-refractivity contribution < 1.29 is 55.2 Å². The molecule has 0 spiro atoms. The minimum Gasteiger partial charge on any atom is -0.479 e. The molecule has 134 valence electrons. The molecule has 0 aliphatic carbocycles. The first-order valence-corrected chi connectivity index (χ1v) is 6.69. The van der Waals surface area contributed by atoms with Crippen LogP contribution >= 0.6 is 0 Å². The summed E-state index contributed by atoms with van der Waals surface area (Å²) in [7, 11) is 0. The van der Waals surface area contributed by atoms with Gasteiger partial charge in [-0.05, 0) is 6.92 Å². The van der Waals surface area contributed by atoms with Crippen molar-refractivity contribution in [1.82, 2.24) is 0 Å². The molecule has 11 nitrogen and oxygen atoms in total. The Hall–Kier alpha value is -1.18. The van der Waals surface area contributed by atoms with E-state index in [9.17, 15) is 40.2 Å². The van der Waals surface area contributed by atoms with Gasteiger partial charge < -0.3 is 45.6 Å². The molecule has 23 heavy (non-hydrogen) atoms. The Morgan fingerprint density at radius 2 is 1.35 bits per heavy atom. The van der Waals surface area contributed by atoms with Crippen LogP contribution in [0.1, 0.15) is 6.92 Å². The van der Waals surface area contributed by atoms with Gasteiger partial charge in [-0.25, -0.2) is 4.79 Å². The molecule has 11 heteroatoms. The monoisotopic (exact) mass is 340 g/mol. The average Bonchev–Trinajstić information content (AvgIpc) is 2.52. The normalized spacial score (nSPS) is 36.8. The number of aliphatic carboxylic acids is 1. The third-order valence-corrected chi connectivity index (χ3v) is 3.67. The second-order valence-electron chi connectivity index (χ2n) is 5.35. The van der Waals surface area contributed by atoms with Crippen LogP contribution in [0.3, 0.4) is 0 Å². The lowest BCUT2D eigenvalue weighted by Crippen LogP contribution is -2.62. The zero-order chi connectivity index (χ0) is 18.1. The molecule has 1 saturated heterocycles. The molecule has 1 rings (SSSR count). The molecule has 0 bridgehead atoms. The number of carboxylic acids is 1. The molecule has 5 unspecified atom stereocenters. The first-order chi connectivity index (χ1) is 10.5. The number of Topliss-reactive ketones (excluding diaryl/α,β-unsaturated/α-hetero) is 1. The lowest BCUT2D eigenvalue weighted by atomic mass is 9.89. The van der Waals surface area contributed by atoms with Gasteiger partial charge in [0.05, 0.1) is 6.10 Å². The fourth-order valence-corrected chi connectivity index (χ4v) is 2.14. The topological polar surface area (TPSA) is 205 Å². The van der Waals surface area contributed by atoms with Crippen LogP contribution in [0.2, 0.25) is 0 Å². The van der Waals surface area contributed by atoms with Gasteiger partial charge in [0.2, 0.25) is 0 Å². The van der Waals surface area contributed by atoms with Gasteiger partial charge in [-0.15, -0.1) is 0 Å². The number of aliphatic hydroxyl groups excluding tert-OH is 7. The highest BCUT2D eigenvalue weighted by molar-refractivity contribution is 5.88. The molecule has 9 atom stereocenters. The fraction of sp³-hybridized carbons (Fsp3) is 0.833. The number of ketones is 1. The van der Waals surface area contributed by atoms with Crippen LogP contribution < -0.4 is 0 Å². The van der Waals surface area contributed by atoms with Gasteiger partial charge in [-0.3, -0.25) is 4.79 Å². The van der Waals surface area contributed by atoms with E-state index >= 15 is 0 Å². The Labute approximate surface area is 130 Å². The van der Waals surface area contributed by atoms with Crippen LogP contribution in [0.15, 0.2) is 0 Å². The number of rotatable bonds is 6. The van der Waals surface area contributed by atoms with Crippen LogP contribution in [0, 0.1) is 0 Å². The van der Waals surface area contributed by atoms with Crippen molar-refractivity contribution in [3.8, 4) is 0 Å². The molecule has 1 aliphatic heterocycles. The highest BCUT2D eigenvalue weighted by Crippen LogP contribution is 2.23. The third kappa shape index (κ3) is 4.02. The van der Waals surface area contributed by atoms with E-state index in [1.165, 1.54) is 6.92 Å². The van der Waals surface area contributed by atoms with Gasteiger partial charge in [-0.2, -0.15) is 0 Å². The summed E-state index contributed by atoms with van der Waals surface area (Å²) < 4.78 is 4.96. The average molecular weight is 340 g/mol. The van der Waals surface area contributed by atoms with Crippen molar-refractivity contribution in [2.45, 2.75) is 61.9 Å². The summed E-state index contributed by atoms with van der Waals surface area (Å²) in [5, 5.41) is 75.1. The summed E-state index contributed by atoms with van der Waals surface area (Å²) in [5.41, 5.74) is 0. The van der Waals surface area contributed by atoms with E-state index in [-0.39, 0.29) is 0 Å². The number of hydrogen-bond acceptors (Lipinski definition) is 10. The van der Waals surface area contributed by atoms with E-state index in [1.807, 2.05) is 0 Å². The molecule has 0 amide bonds. The molecule has 0 aromatic heterocycles. The molecule has 0 radical (unpaired) electrons. The Bertz CT molecular complexity index is 441. The van der Waals surface area contributed by atoms with Crippen molar-refractivity contribution in [1.29, 1.82) is 0 Å². The molecular formula is C12H20O11. The van der Waals surface area contributed by atoms with Gasteiger partial charge in [0.25, 0.3) is 0 Å². The minimum absolute atomic E-state index is 1.08. The highest BCUT2D eigenvalue weighted by Gasteiger charge is 2.48. The Kier molecular flexibility index (Phi) is 6.56. The zero-order valence-corrected chi connectivity index (χ0v) is 12.0. The predicted molar refractivity (Wildman–Crippen MR) is 69.0 cm³/mol. The minimum atomic E-state index is -2.46. The summed E-state index contributed by atoms with van der Waals surface area (Å²) in [6.45, 7) is 1.28. The van der Waals surface area contributed by atoms with Crippen molar-refractivity contribution in [3.63, 3.8) is 0 Å². The van der Waals surface area contributed by atoms with Crippen LogP contribution in [0.25, 0.3) is 0 Å². The SMILES string of the molecule is C[C@@H]1OC(C(=O)C(O)C(O)C(O)C(O)C(=O)O)[C@H](O)[C@H](O)[C@H]1O. The molecule has 1 heterocycles. The second-order valence-corrected chi connectivity index (χ2v) is 5.35. The lowest BCUT2D eigenvalue weighted by molar-refractivity contribution is -0.221. The van der Waals surface area contributed by atoms with Gasteiger partial charge in [0, 0.05) is 0 Å². The third-order valence-electron chi connectivity index (χ3n) is 3.67. The number of carbonyl (C=O) groups is 2. The van der Waals surface area contributed by atoms with Gasteiger partial charge >= 0.3 is 5.97 Å². The van der Waals surface area contributed by atoms with Gasteiger partial charge in [-0.1, -0.05) is 0 Å². The van der Waals surface area contributed by atoms with E-state index in [0.29, 0.717) is 0 Å². The fourth-order valence-electron chi connectivity index (χ4n) is 2.14. The van der Waals surface area contributed by atoms with E-state index in [4.69, 9.17) is 14.9 Å². The molecule has 0 aromatic rings. The second kappa shape index (κ2) is 7.59. The van der Waals surface area contributed by atoms with E-state index < -0.39 is 66.7 Å². The van der Waals surface area contributed by atoms with Crippen LogP contribution in [-0.4, -0.2) is 108 Å². The zero-order valence-electron chi connectivity index (χ0n) is 12.0. The first-order valence-electron chi connectivity index (χ1n) is 6.69. The summed E-state index contributed by atoms with van der Waals surface area (Å²) >= 11 is 0. The number of aliphatic hydroxyl groups is 7. The highest BCUT2D eigenvalue weighted by atomic mass is 16.5. The standard InChI is InChI=1S/C12H20O11/c1-2-3(13)4(14)8(18)11(23-2)9(19)6(16)5(15)7(17)10(20)12(21)22/h2-8,10-11,13-18,20H,1H3,(H,21,22)/t2-,3-,4+,5?,6?,7?,8+,10?,11?/m0/s1. The Morgan fingerprint density at radius 1 is 0.870 bits per heavy atom. The number of ether oxygens (including phenoxy) is 1. The van der Waals surface area contributed by atoms with Crippen molar-refractivity contribution in [3.05, 3.63) is 0 Å². The number of carbonyl (C=O) groups excluding carboxylic acids is 1. The van der Waals surface area contributed by atoms with Gasteiger partial charge in [0.15, 0.2) is 11.9 Å². The number of hydrogen-bond donors (Lipinski definition) is 8. The Morgan fingerprint density at radius 3 is 1.83 bits per heavy atom. The quantitative estimate of drug-likeness (QED) is 0.229. The van der Waals surface area contributed by atoms with Gasteiger partial charge in [0.1, 0.15) is 42.7 Å². The van der Waals surface area contributed by atoms with Crippen LogP contribution in [0.4, 0.5) is 0 Å². The molecule has 1 aliphatic rings. The van der Waals surface area contributed by atoms with Crippen molar-refractivity contribution in [2.24, 2.45) is 0 Å². The maximum absolute atomic E-state index is 12.0. The molecule has 8 N–H and O–H groups in total. The molecule has 0 aromatic carbocycles. The van der Waals surface area contributed by atoms with Crippen molar-refractivity contribution >= 4 is 11.8 Å². The van der Waals surface area contributed by atoms with E-state index in [1.54, 1.807) is 0 Å². The molecule has 0 saturated carbocycles. The summed E-state index contributed by atoms with van der Waals surface area (Å²) in [6, 6.07) is 0. The Balaban J connectivity index is 2.85. The first kappa shape index (κ1) is 19.9. The molecular weight excluding hydrogens is 320 g/mol. The van der Waals surface area contributed by atoms with Crippen LogP contribution in [-0.2, 0) is 14.3 Å². The van der Waals surface area contributed by atoms with E-state index in [0.717, 1.165) is 0 Å². The molecule has 1 fully saturated rings. The predicted octanol–water partition coefficient (Wildman–Crippen LogP) is -5.05. The lowest BCUT2D eigenvalue weighted by Gasteiger charge is -2.39. The maximum atomic E-state index is 12.0. The summed E-state index contributed by atoms with van der Waals surface area (Å²) in [4.78, 5) is 22.5. The summed E-state index contributed by atoms with van der Waals surface area (Å²) in [5.74, 6) is -3.25. The summed E-state index contributed by atoms with van der Waals surface area (Å²) in [6.07, 6.45) is -17.7. The van der Waals surface area contributed by atoms with Crippen molar-refractivity contribution in [2.75, 3.05) is 0 Å². The maximum Gasteiger partial charge on any atom is 0.335 e. The smallest absolute Gasteiger partial charge is 0.335 e. The largest absolute Gasteiger partial charge is 0.479 e. The van der Waals surface area contributed by atoms with E-state index in [2.05, 4.69) is 0 Å². The number of carboxylic acid groups (broad SMARTS) is 1.